The van der Waals surface area contributed by atoms with Crippen LogP contribution < -0.4 is 5.32 Å². The molecule has 0 bridgehead atoms. The third-order valence-electron chi connectivity index (χ3n) is 4.15. The molecule has 16 heavy (non-hydrogen) atoms. The van der Waals surface area contributed by atoms with Crippen molar-refractivity contribution in [3.8, 4) is 0 Å². The summed E-state index contributed by atoms with van der Waals surface area (Å²) < 4.78 is 0. The number of nitrogens with one attached hydrogen (secondary N) is 1. The summed E-state index contributed by atoms with van der Waals surface area (Å²) in [5, 5.41) is 3.43. The average molecular weight is 225 g/mol. The molecule has 2 aliphatic rings. The zero-order valence-electron chi connectivity index (χ0n) is 10.9. The number of hydrogen-bond donors (Lipinski definition) is 1. The van der Waals surface area contributed by atoms with E-state index in [0.29, 0.717) is 0 Å². The largest absolute Gasteiger partial charge is 0.316 e. The third kappa shape index (κ3) is 3.44. The Morgan fingerprint density at radius 3 is 2.69 bits per heavy atom. The predicted octanol–water partition coefficient (Wildman–Crippen LogP) is 1.01. The van der Waals surface area contributed by atoms with Crippen molar-refractivity contribution in [2.45, 2.75) is 31.7 Å². The van der Waals surface area contributed by atoms with Crippen molar-refractivity contribution in [2.24, 2.45) is 5.92 Å². The van der Waals surface area contributed by atoms with Crippen LogP contribution in [0.4, 0.5) is 0 Å². The molecule has 2 heterocycles. The summed E-state index contributed by atoms with van der Waals surface area (Å²) in [4.78, 5) is 5.17. The van der Waals surface area contributed by atoms with Gasteiger partial charge in [0.15, 0.2) is 0 Å². The Labute approximate surface area is 100 Å². The molecule has 2 atom stereocenters. The van der Waals surface area contributed by atoms with Crippen molar-refractivity contribution in [3.05, 3.63) is 0 Å². The standard InChI is InChI=1S/C13H27N3/c1-14-13-6-4-8-16(11-13)10-12-5-3-7-15(2)9-12/h12-14H,3-11H2,1-2H3. The molecule has 0 aliphatic carbocycles. The zero-order chi connectivity index (χ0) is 11.4. The molecule has 0 aromatic heterocycles. The van der Waals surface area contributed by atoms with Gasteiger partial charge in [-0.25, -0.2) is 0 Å². The van der Waals surface area contributed by atoms with E-state index in [2.05, 4.69) is 29.2 Å². The predicted molar refractivity (Wildman–Crippen MR) is 68.7 cm³/mol. The van der Waals surface area contributed by atoms with E-state index in [1.165, 1.54) is 58.4 Å². The van der Waals surface area contributed by atoms with Gasteiger partial charge < -0.3 is 15.1 Å². The molecule has 0 spiro atoms. The van der Waals surface area contributed by atoms with Gasteiger partial charge in [0.05, 0.1) is 0 Å². The summed E-state index contributed by atoms with van der Waals surface area (Å²) in [5.74, 6) is 0.911. The molecule has 1 N–H and O–H groups in total. The van der Waals surface area contributed by atoms with Crippen LogP contribution in [0.1, 0.15) is 25.7 Å². The summed E-state index contributed by atoms with van der Waals surface area (Å²) in [7, 11) is 4.36. The third-order valence-corrected chi connectivity index (χ3v) is 4.15. The van der Waals surface area contributed by atoms with Gasteiger partial charge in [0, 0.05) is 25.7 Å². The summed E-state index contributed by atoms with van der Waals surface area (Å²) in [6.45, 7) is 6.51. The molecule has 2 aliphatic heterocycles. The topological polar surface area (TPSA) is 18.5 Å². The lowest BCUT2D eigenvalue weighted by molar-refractivity contribution is 0.125. The van der Waals surface area contributed by atoms with E-state index in [1.807, 2.05) is 0 Å². The minimum absolute atomic E-state index is 0.732. The summed E-state index contributed by atoms with van der Waals surface area (Å²) >= 11 is 0. The van der Waals surface area contributed by atoms with Gasteiger partial charge in [-0.3, -0.25) is 0 Å². The second kappa shape index (κ2) is 5.99. The SMILES string of the molecule is CNC1CCCN(CC2CCCN(C)C2)C1. The van der Waals surface area contributed by atoms with Gasteiger partial charge >= 0.3 is 0 Å². The van der Waals surface area contributed by atoms with Gasteiger partial charge in [-0.15, -0.1) is 0 Å². The van der Waals surface area contributed by atoms with Crippen molar-refractivity contribution < 1.29 is 0 Å². The molecule has 94 valence electrons. The molecular weight excluding hydrogens is 198 g/mol. The number of rotatable bonds is 3. The van der Waals surface area contributed by atoms with Crippen molar-refractivity contribution in [1.82, 2.24) is 15.1 Å². The summed E-state index contributed by atoms with van der Waals surface area (Å²) in [5.41, 5.74) is 0. The first kappa shape index (κ1) is 12.3. The van der Waals surface area contributed by atoms with Gasteiger partial charge in [-0.05, 0) is 58.8 Å². The van der Waals surface area contributed by atoms with Crippen LogP contribution in [0.5, 0.6) is 0 Å². The number of piperidine rings is 2. The molecule has 0 aromatic rings. The molecule has 3 heteroatoms. The maximum atomic E-state index is 3.43. The maximum Gasteiger partial charge on any atom is 0.0192 e. The molecule has 0 radical (unpaired) electrons. The van der Waals surface area contributed by atoms with Gasteiger partial charge in [-0.1, -0.05) is 0 Å². The number of hydrogen-bond acceptors (Lipinski definition) is 3. The minimum Gasteiger partial charge on any atom is -0.316 e. The lowest BCUT2D eigenvalue weighted by Crippen LogP contribution is -2.47. The maximum absolute atomic E-state index is 3.43. The molecular formula is C13H27N3. The highest BCUT2D eigenvalue weighted by Gasteiger charge is 2.23. The highest BCUT2D eigenvalue weighted by atomic mass is 15.2. The molecule has 0 aromatic carbocycles. The van der Waals surface area contributed by atoms with Crippen LogP contribution in [-0.4, -0.2) is 62.7 Å². The van der Waals surface area contributed by atoms with E-state index >= 15 is 0 Å². The molecule has 3 nitrogen and oxygen atoms in total. The van der Waals surface area contributed by atoms with Crippen molar-refractivity contribution >= 4 is 0 Å². The molecule has 2 saturated heterocycles. The fraction of sp³-hybridized carbons (Fsp3) is 1.00. The lowest BCUT2D eigenvalue weighted by atomic mass is 9.96. The fourth-order valence-corrected chi connectivity index (χ4v) is 3.24. The van der Waals surface area contributed by atoms with Gasteiger partial charge in [0.2, 0.25) is 0 Å². The van der Waals surface area contributed by atoms with Crippen LogP contribution in [0.15, 0.2) is 0 Å². The molecule has 0 amide bonds. The van der Waals surface area contributed by atoms with E-state index in [9.17, 15) is 0 Å². The van der Waals surface area contributed by atoms with E-state index in [4.69, 9.17) is 0 Å². The first-order valence-electron chi connectivity index (χ1n) is 6.86. The second-order valence-corrected chi connectivity index (χ2v) is 5.66. The molecule has 2 unspecified atom stereocenters. The Balaban J connectivity index is 1.75. The van der Waals surface area contributed by atoms with Gasteiger partial charge in [0.25, 0.3) is 0 Å². The summed E-state index contributed by atoms with van der Waals surface area (Å²) in [6.07, 6.45) is 5.56. The quantitative estimate of drug-likeness (QED) is 0.773. The van der Waals surface area contributed by atoms with E-state index in [-0.39, 0.29) is 0 Å². The Kier molecular flexibility index (Phi) is 4.62. The Morgan fingerprint density at radius 2 is 1.94 bits per heavy atom. The monoisotopic (exact) mass is 225 g/mol. The van der Waals surface area contributed by atoms with Gasteiger partial charge in [-0.2, -0.15) is 0 Å². The van der Waals surface area contributed by atoms with Crippen LogP contribution in [0.25, 0.3) is 0 Å². The van der Waals surface area contributed by atoms with Crippen molar-refractivity contribution in [3.63, 3.8) is 0 Å². The molecule has 0 saturated carbocycles. The van der Waals surface area contributed by atoms with Crippen LogP contribution >= 0.6 is 0 Å². The van der Waals surface area contributed by atoms with Crippen LogP contribution in [-0.2, 0) is 0 Å². The van der Waals surface area contributed by atoms with E-state index in [0.717, 1.165) is 12.0 Å². The summed E-state index contributed by atoms with van der Waals surface area (Å²) in [6, 6.07) is 0.732. The van der Waals surface area contributed by atoms with Gasteiger partial charge in [0.1, 0.15) is 0 Å². The average Bonchev–Trinajstić information content (AvgIpc) is 2.29. The Hall–Kier alpha value is -0.120. The van der Waals surface area contributed by atoms with Crippen LogP contribution in [0.3, 0.4) is 0 Å². The first-order valence-corrected chi connectivity index (χ1v) is 6.86. The number of nitrogens with zero attached hydrogens (tertiary/aromatic N) is 2. The zero-order valence-corrected chi connectivity index (χ0v) is 10.9. The van der Waals surface area contributed by atoms with Crippen LogP contribution in [0.2, 0.25) is 0 Å². The first-order chi connectivity index (χ1) is 7.78. The fourth-order valence-electron chi connectivity index (χ4n) is 3.24. The Bertz CT molecular complexity index is 207. The number of likely N-dealkylation sites (N-methyl/N-ethyl adjacent to an activating group) is 1. The minimum atomic E-state index is 0.732. The highest BCUT2D eigenvalue weighted by Crippen LogP contribution is 2.18. The van der Waals surface area contributed by atoms with Crippen LogP contribution in [0, 0.1) is 5.92 Å². The Morgan fingerprint density at radius 1 is 1.12 bits per heavy atom. The highest BCUT2D eigenvalue weighted by molar-refractivity contribution is 4.80. The molecule has 2 fully saturated rings. The normalized spacial score (nSPS) is 34.1. The van der Waals surface area contributed by atoms with Crippen molar-refractivity contribution in [1.29, 1.82) is 0 Å². The molecule has 2 rings (SSSR count). The van der Waals surface area contributed by atoms with Crippen molar-refractivity contribution in [2.75, 3.05) is 46.8 Å². The lowest BCUT2D eigenvalue weighted by Gasteiger charge is -2.37. The second-order valence-electron chi connectivity index (χ2n) is 5.66. The van der Waals surface area contributed by atoms with E-state index in [1.54, 1.807) is 0 Å². The number of likely N-dealkylation sites (tertiary alicyclic amines) is 2. The smallest absolute Gasteiger partial charge is 0.0192 e. The van der Waals surface area contributed by atoms with E-state index < -0.39 is 0 Å².